The molecule has 0 fully saturated rings. The molecule has 0 aliphatic carbocycles. The van der Waals surface area contributed by atoms with Gasteiger partial charge in [0.05, 0.1) is 15.7 Å². The molecular weight excluding hydrogens is 500 g/mol. The van der Waals surface area contributed by atoms with Gasteiger partial charge in [0.2, 0.25) is 0 Å². The Kier molecular flexibility index (Phi) is 11.7. The highest BCUT2D eigenvalue weighted by molar-refractivity contribution is 7.16. The molecule has 7 nitrogen and oxygen atoms in total. The third-order valence-electron chi connectivity index (χ3n) is 6.99. The van der Waals surface area contributed by atoms with Crippen molar-refractivity contribution >= 4 is 33.4 Å². The Balaban J connectivity index is 1.36. The number of aliphatic hydroxyl groups is 1. The van der Waals surface area contributed by atoms with E-state index in [0.29, 0.717) is 13.0 Å². The van der Waals surface area contributed by atoms with Gasteiger partial charge in [0.15, 0.2) is 12.2 Å². The van der Waals surface area contributed by atoms with Crippen LogP contribution in [-0.4, -0.2) is 64.4 Å². The summed E-state index contributed by atoms with van der Waals surface area (Å²) in [6.45, 7) is 4.92. The minimum atomic E-state index is -1.89. The molecule has 2 aromatic carbocycles. The van der Waals surface area contributed by atoms with Gasteiger partial charge in [-0.15, -0.1) is 11.3 Å². The lowest BCUT2D eigenvalue weighted by Gasteiger charge is -2.25. The SMILES string of the molecule is Cc1ccc(CCCCCOC(C(=O)N(C)CCCCCc2ccc3scnc3c2)C(O)C(=O)O)cc1C. The van der Waals surface area contributed by atoms with E-state index in [1.165, 1.54) is 31.9 Å². The first-order valence-electron chi connectivity index (χ1n) is 13.4. The summed E-state index contributed by atoms with van der Waals surface area (Å²) < 4.78 is 6.81. The number of carbonyl (C=O) groups is 2. The third-order valence-corrected chi connectivity index (χ3v) is 7.80. The topological polar surface area (TPSA) is 100.0 Å². The van der Waals surface area contributed by atoms with E-state index in [1.54, 1.807) is 18.4 Å². The van der Waals surface area contributed by atoms with E-state index in [2.05, 4.69) is 55.2 Å². The zero-order chi connectivity index (χ0) is 27.5. The number of fused-ring (bicyclic) bond motifs is 1. The van der Waals surface area contributed by atoms with Crippen LogP contribution in [0.15, 0.2) is 41.9 Å². The summed E-state index contributed by atoms with van der Waals surface area (Å²) in [4.78, 5) is 30.1. The number of hydrogen-bond donors (Lipinski definition) is 2. The summed E-state index contributed by atoms with van der Waals surface area (Å²) in [6, 6.07) is 12.9. The van der Waals surface area contributed by atoms with Crippen molar-refractivity contribution in [3.63, 3.8) is 0 Å². The first-order chi connectivity index (χ1) is 18.3. The molecule has 0 spiro atoms. The molecule has 0 aliphatic rings. The average molecular weight is 541 g/mol. The molecule has 2 atom stereocenters. The highest BCUT2D eigenvalue weighted by Crippen LogP contribution is 2.20. The molecule has 0 aliphatic heterocycles. The Morgan fingerprint density at radius 2 is 1.63 bits per heavy atom. The first-order valence-corrected chi connectivity index (χ1v) is 14.3. The van der Waals surface area contributed by atoms with Crippen LogP contribution in [0.4, 0.5) is 0 Å². The van der Waals surface area contributed by atoms with Crippen LogP contribution < -0.4 is 0 Å². The number of thiazole rings is 1. The largest absolute Gasteiger partial charge is 0.479 e. The van der Waals surface area contributed by atoms with Crippen molar-refractivity contribution in [1.82, 2.24) is 9.88 Å². The predicted octanol–water partition coefficient (Wildman–Crippen LogP) is 5.33. The highest BCUT2D eigenvalue weighted by atomic mass is 32.1. The van der Waals surface area contributed by atoms with E-state index >= 15 is 0 Å². The number of nitrogens with zero attached hydrogens (tertiary/aromatic N) is 2. The molecule has 0 radical (unpaired) electrons. The normalized spacial score (nSPS) is 12.9. The van der Waals surface area contributed by atoms with Gasteiger partial charge in [-0.05, 0) is 86.8 Å². The van der Waals surface area contributed by atoms with Gasteiger partial charge < -0.3 is 19.8 Å². The van der Waals surface area contributed by atoms with Crippen molar-refractivity contribution in [2.24, 2.45) is 0 Å². The molecule has 3 aromatic rings. The molecule has 38 heavy (non-hydrogen) atoms. The number of aromatic nitrogens is 1. The Morgan fingerprint density at radius 3 is 2.34 bits per heavy atom. The minimum absolute atomic E-state index is 0.227. The van der Waals surface area contributed by atoms with E-state index in [1.807, 2.05) is 5.51 Å². The Hall–Kier alpha value is -2.81. The molecule has 206 valence electrons. The van der Waals surface area contributed by atoms with Crippen molar-refractivity contribution < 1.29 is 24.5 Å². The maximum Gasteiger partial charge on any atom is 0.335 e. The Bertz CT molecular complexity index is 1190. The maximum atomic E-state index is 12.9. The van der Waals surface area contributed by atoms with Crippen LogP contribution in [0.2, 0.25) is 0 Å². The predicted molar refractivity (Wildman–Crippen MR) is 152 cm³/mol. The van der Waals surface area contributed by atoms with Gasteiger partial charge in [-0.2, -0.15) is 0 Å². The second kappa shape index (κ2) is 15.0. The van der Waals surface area contributed by atoms with Crippen LogP contribution in [0, 0.1) is 13.8 Å². The number of unbranched alkanes of at least 4 members (excludes halogenated alkanes) is 4. The number of rotatable bonds is 16. The van der Waals surface area contributed by atoms with E-state index in [0.717, 1.165) is 50.5 Å². The van der Waals surface area contributed by atoms with E-state index in [9.17, 15) is 19.8 Å². The number of carboxylic acid groups (broad SMARTS) is 1. The second-order valence-electron chi connectivity index (χ2n) is 10.0. The van der Waals surface area contributed by atoms with Gasteiger partial charge in [-0.3, -0.25) is 4.79 Å². The summed E-state index contributed by atoms with van der Waals surface area (Å²) in [6.07, 6.45) is 3.88. The summed E-state index contributed by atoms with van der Waals surface area (Å²) in [7, 11) is 1.63. The molecule has 0 saturated carbocycles. The molecule has 2 N–H and O–H groups in total. The number of benzene rings is 2. The van der Waals surface area contributed by atoms with Crippen molar-refractivity contribution in [1.29, 1.82) is 0 Å². The van der Waals surface area contributed by atoms with E-state index < -0.39 is 24.1 Å². The molecule has 3 rings (SSSR count). The zero-order valence-electron chi connectivity index (χ0n) is 22.7. The monoisotopic (exact) mass is 540 g/mol. The lowest BCUT2D eigenvalue weighted by atomic mass is 10.0. The smallest absolute Gasteiger partial charge is 0.335 e. The minimum Gasteiger partial charge on any atom is -0.479 e. The summed E-state index contributed by atoms with van der Waals surface area (Å²) in [5.74, 6) is -1.95. The third kappa shape index (κ3) is 8.89. The van der Waals surface area contributed by atoms with Gasteiger partial charge >= 0.3 is 5.97 Å². The number of carbonyl (C=O) groups excluding carboxylic acids is 1. The lowest BCUT2D eigenvalue weighted by Crippen LogP contribution is -2.48. The van der Waals surface area contributed by atoms with E-state index in [4.69, 9.17) is 4.74 Å². The number of aryl methyl sites for hydroxylation is 4. The fraction of sp³-hybridized carbons (Fsp3) is 0.500. The fourth-order valence-corrected chi connectivity index (χ4v) is 5.10. The number of aliphatic carboxylic acids is 1. The van der Waals surface area contributed by atoms with Crippen LogP contribution in [0.25, 0.3) is 10.2 Å². The number of hydrogen-bond acceptors (Lipinski definition) is 6. The molecule has 0 saturated heterocycles. The number of likely N-dealkylation sites (N-methyl/N-ethyl adjacent to an activating group) is 1. The van der Waals surface area contributed by atoms with Crippen LogP contribution in [0.5, 0.6) is 0 Å². The van der Waals surface area contributed by atoms with Gasteiger partial charge in [-0.1, -0.05) is 37.1 Å². The molecule has 1 aromatic heterocycles. The zero-order valence-corrected chi connectivity index (χ0v) is 23.5. The number of aliphatic hydroxyl groups excluding tert-OH is 1. The van der Waals surface area contributed by atoms with Crippen molar-refractivity contribution in [2.75, 3.05) is 20.2 Å². The van der Waals surface area contributed by atoms with Crippen LogP contribution in [0.3, 0.4) is 0 Å². The van der Waals surface area contributed by atoms with Gasteiger partial charge in [0.1, 0.15) is 0 Å². The average Bonchev–Trinajstić information content (AvgIpc) is 3.37. The van der Waals surface area contributed by atoms with Crippen molar-refractivity contribution in [3.05, 3.63) is 64.2 Å². The quantitative estimate of drug-likeness (QED) is 0.238. The second-order valence-corrected chi connectivity index (χ2v) is 10.9. The fourth-order valence-electron chi connectivity index (χ4n) is 4.45. The number of ether oxygens (including phenoxy) is 1. The summed E-state index contributed by atoms with van der Waals surface area (Å²) in [5, 5.41) is 19.4. The summed E-state index contributed by atoms with van der Waals surface area (Å²) >= 11 is 1.63. The van der Waals surface area contributed by atoms with Gasteiger partial charge in [-0.25, -0.2) is 9.78 Å². The lowest BCUT2D eigenvalue weighted by molar-refractivity contribution is -0.166. The Morgan fingerprint density at radius 1 is 0.947 bits per heavy atom. The molecule has 0 bridgehead atoms. The molecular formula is C30H40N2O5S. The summed E-state index contributed by atoms with van der Waals surface area (Å²) in [5.41, 5.74) is 8.00. The van der Waals surface area contributed by atoms with Gasteiger partial charge in [0, 0.05) is 20.2 Å². The van der Waals surface area contributed by atoms with Crippen molar-refractivity contribution in [2.45, 2.75) is 77.4 Å². The number of amides is 1. The van der Waals surface area contributed by atoms with Crippen molar-refractivity contribution in [3.8, 4) is 0 Å². The standard InChI is InChI=1S/C30H40N2O5S/c1-21-12-13-23(18-22(21)2)10-7-5-9-17-37-28(27(33)30(35)36)29(34)32(3)16-8-4-6-11-24-14-15-26-25(19-24)31-20-38-26/h12-15,18-20,27-28,33H,4-11,16-17H2,1-3H3,(H,35,36). The number of carboxylic acids is 1. The molecule has 8 heteroatoms. The molecule has 1 heterocycles. The van der Waals surface area contributed by atoms with Crippen LogP contribution >= 0.6 is 11.3 Å². The highest BCUT2D eigenvalue weighted by Gasteiger charge is 2.34. The maximum absolute atomic E-state index is 12.9. The van der Waals surface area contributed by atoms with E-state index in [-0.39, 0.29) is 6.61 Å². The molecule has 1 amide bonds. The first kappa shape index (κ1) is 29.7. The van der Waals surface area contributed by atoms with Gasteiger partial charge in [0.25, 0.3) is 5.91 Å². The van der Waals surface area contributed by atoms with Crippen LogP contribution in [0.1, 0.15) is 60.8 Å². The Labute approximate surface area is 229 Å². The molecule has 2 unspecified atom stereocenters. The van der Waals surface area contributed by atoms with Crippen LogP contribution in [-0.2, 0) is 27.2 Å².